The van der Waals surface area contributed by atoms with Crippen molar-refractivity contribution in [3.63, 3.8) is 0 Å². The third-order valence-corrected chi connectivity index (χ3v) is 5.95. The highest BCUT2D eigenvalue weighted by Crippen LogP contribution is 2.31. The molecule has 1 heterocycles. The summed E-state index contributed by atoms with van der Waals surface area (Å²) in [6, 6.07) is 13.9. The molecule has 0 unspecified atom stereocenters. The standard InChI is InChI=1S/C20H22N2O2S2/c1-13(2)19(23)21-15-8-9-16-18(12-15)26-20(22-16)25-11-10-24-17-7-5-4-6-14(17)3/h4-9,12-13H,10-11H2,1-3H3,(H,21,23). The lowest BCUT2D eigenvalue weighted by atomic mass is 10.2. The van der Waals surface area contributed by atoms with Crippen LogP contribution in [0.25, 0.3) is 10.2 Å². The zero-order valence-electron chi connectivity index (χ0n) is 15.1. The fraction of sp³-hybridized carbons (Fsp3) is 0.300. The summed E-state index contributed by atoms with van der Waals surface area (Å²) in [5, 5.41) is 2.93. The lowest BCUT2D eigenvalue weighted by molar-refractivity contribution is -0.118. The van der Waals surface area contributed by atoms with E-state index in [9.17, 15) is 4.79 Å². The number of aryl methyl sites for hydroxylation is 1. The number of benzene rings is 2. The minimum absolute atomic E-state index is 0.0248. The van der Waals surface area contributed by atoms with Crippen molar-refractivity contribution in [2.24, 2.45) is 5.92 Å². The molecule has 0 saturated heterocycles. The molecular formula is C20H22N2O2S2. The van der Waals surface area contributed by atoms with Gasteiger partial charge < -0.3 is 10.1 Å². The highest BCUT2D eigenvalue weighted by molar-refractivity contribution is 8.01. The van der Waals surface area contributed by atoms with Crippen LogP contribution in [-0.4, -0.2) is 23.3 Å². The predicted molar refractivity (Wildman–Crippen MR) is 110 cm³/mol. The van der Waals surface area contributed by atoms with Crippen molar-refractivity contribution < 1.29 is 9.53 Å². The zero-order chi connectivity index (χ0) is 18.5. The Labute approximate surface area is 162 Å². The van der Waals surface area contributed by atoms with Gasteiger partial charge in [0, 0.05) is 17.4 Å². The van der Waals surface area contributed by atoms with Gasteiger partial charge in [-0.1, -0.05) is 43.8 Å². The van der Waals surface area contributed by atoms with Gasteiger partial charge in [-0.05, 0) is 36.8 Å². The number of thioether (sulfide) groups is 1. The van der Waals surface area contributed by atoms with Crippen molar-refractivity contribution in [3.8, 4) is 5.75 Å². The van der Waals surface area contributed by atoms with E-state index in [-0.39, 0.29) is 11.8 Å². The summed E-state index contributed by atoms with van der Waals surface area (Å²) in [4.78, 5) is 16.5. The van der Waals surface area contributed by atoms with E-state index in [4.69, 9.17) is 4.74 Å². The molecule has 6 heteroatoms. The van der Waals surface area contributed by atoms with Gasteiger partial charge >= 0.3 is 0 Å². The molecule has 1 aromatic heterocycles. The Hall–Kier alpha value is -2.05. The third-order valence-electron chi connectivity index (χ3n) is 3.82. The second kappa shape index (κ2) is 8.56. The SMILES string of the molecule is Cc1ccccc1OCCSc1nc2ccc(NC(=O)C(C)C)cc2s1. The summed E-state index contributed by atoms with van der Waals surface area (Å²) < 4.78 is 7.92. The number of aromatic nitrogens is 1. The van der Waals surface area contributed by atoms with Gasteiger partial charge in [-0.15, -0.1) is 11.3 Å². The number of rotatable bonds is 7. The van der Waals surface area contributed by atoms with Crippen LogP contribution in [0.1, 0.15) is 19.4 Å². The minimum atomic E-state index is -0.0356. The van der Waals surface area contributed by atoms with Crippen molar-refractivity contribution in [3.05, 3.63) is 48.0 Å². The maximum absolute atomic E-state index is 11.8. The molecular weight excluding hydrogens is 364 g/mol. The molecule has 3 rings (SSSR count). The Balaban J connectivity index is 1.57. The number of nitrogens with zero attached hydrogens (tertiary/aromatic N) is 1. The molecule has 0 bridgehead atoms. The monoisotopic (exact) mass is 386 g/mol. The Morgan fingerprint density at radius 1 is 1.27 bits per heavy atom. The van der Waals surface area contributed by atoms with Crippen molar-refractivity contribution in [2.45, 2.75) is 25.1 Å². The average Bonchev–Trinajstić information content (AvgIpc) is 3.02. The van der Waals surface area contributed by atoms with Crippen molar-refractivity contribution in [1.82, 2.24) is 4.98 Å². The maximum atomic E-state index is 11.8. The van der Waals surface area contributed by atoms with Crippen molar-refractivity contribution in [1.29, 1.82) is 0 Å². The number of anilines is 1. The lowest BCUT2D eigenvalue weighted by Crippen LogP contribution is -2.17. The number of ether oxygens (including phenoxy) is 1. The number of thiazole rings is 1. The molecule has 2 aromatic carbocycles. The van der Waals surface area contributed by atoms with Crippen LogP contribution in [0, 0.1) is 12.8 Å². The molecule has 26 heavy (non-hydrogen) atoms. The first kappa shape index (κ1) is 18.7. The van der Waals surface area contributed by atoms with E-state index in [0.717, 1.165) is 37.3 Å². The molecule has 0 saturated carbocycles. The maximum Gasteiger partial charge on any atom is 0.226 e. The summed E-state index contributed by atoms with van der Waals surface area (Å²) in [7, 11) is 0. The van der Waals surface area contributed by atoms with Gasteiger partial charge in [0.1, 0.15) is 5.75 Å². The Kier molecular flexibility index (Phi) is 6.16. The van der Waals surface area contributed by atoms with E-state index < -0.39 is 0 Å². The zero-order valence-corrected chi connectivity index (χ0v) is 16.7. The van der Waals surface area contributed by atoms with E-state index in [1.54, 1.807) is 23.1 Å². The number of amides is 1. The molecule has 0 radical (unpaired) electrons. The normalized spacial score (nSPS) is 11.1. The molecule has 0 aliphatic rings. The largest absolute Gasteiger partial charge is 0.492 e. The molecule has 0 aliphatic heterocycles. The molecule has 0 spiro atoms. The van der Waals surface area contributed by atoms with Crippen molar-refractivity contribution >= 4 is 44.9 Å². The Morgan fingerprint density at radius 3 is 2.85 bits per heavy atom. The molecule has 4 nitrogen and oxygen atoms in total. The second-order valence-corrected chi connectivity index (χ2v) is 8.64. The molecule has 1 N–H and O–H groups in total. The fourth-order valence-electron chi connectivity index (χ4n) is 2.33. The van der Waals surface area contributed by atoms with Crippen LogP contribution in [0.5, 0.6) is 5.75 Å². The molecule has 0 fully saturated rings. The predicted octanol–water partition coefficient (Wildman–Crippen LogP) is 5.37. The number of carbonyl (C=O) groups excluding carboxylic acids is 1. The van der Waals surface area contributed by atoms with E-state index in [2.05, 4.69) is 10.3 Å². The van der Waals surface area contributed by atoms with Crippen LogP contribution >= 0.6 is 23.1 Å². The Morgan fingerprint density at radius 2 is 2.08 bits per heavy atom. The Bertz CT molecular complexity index is 906. The van der Waals surface area contributed by atoms with Crippen LogP contribution in [0.4, 0.5) is 5.69 Å². The van der Waals surface area contributed by atoms with Gasteiger partial charge in [0.2, 0.25) is 5.91 Å². The average molecular weight is 387 g/mol. The van der Waals surface area contributed by atoms with Gasteiger partial charge in [-0.25, -0.2) is 4.98 Å². The van der Waals surface area contributed by atoms with Crippen LogP contribution < -0.4 is 10.1 Å². The molecule has 0 atom stereocenters. The van der Waals surface area contributed by atoms with E-state index in [1.165, 1.54) is 0 Å². The number of hydrogen-bond donors (Lipinski definition) is 1. The van der Waals surface area contributed by atoms with Gasteiger partial charge in [-0.2, -0.15) is 0 Å². The third kappa shape index (κ3) is 4.77. The minimum Gasteiger partial charge on any atom is -0.492 e. The first-order chi connectivity index (χ1) is 12.5. The fourth-order valence-corrected chi connectivity index (χ4v) is 4.32. The topological polar surface area (TPSA) is 51.2 Å². The first-order valence-electron chi connectivity index (χ1n) is 8.55. The van der Waals surface area contributed by atoms with Crippen LogP contribution in [-0.2, 0) is 4.79 Å². The second-order valence-electron chi connectivity index (χ2n) is 6.27. The van der Waals surface area contributed by atoms with E-state index in [0.29, 0.717) is 6.61 Å². The van der Waals surface area contributed by atoms with Crippen LogP contribution in [0.2, 0.25) is 0 Å². The van der Waals surface area contributed by atoms with Crippen LogP contribution in [0.3, 0.4) is 0 Å². The highest BCUT2D eigenvalue weighted by Gasteiger charge is 2.10. The number of hydrogen-bond acceptors (Lipinski definition) is 5. The van der Waals surface area contributed by atoms with Gasteiger partial charge in [0.05, 0.1) is 16.8 Å². The van der Waals surface area contributed by atoms with E-state index in [1.807, 2.05) is 63.2 Å². The molecule has 136 valence electrons. The van der Waals surface area contributed by atoms with E-state index >= 15 is 0 Å². The van der Waals surface area contributed by atoms with Gasteiger partial charge in [-0.3, -0.25) is 4.79 Å². The summed E-state index contributed by atoms with van der Waals surface area (Å²) in [6.45, 7) is 6.45. The highest BCUT2D eigenvalue weighted by atomic mass is 32.2. The summed E-state index contributed by atoms with van der Waals surface area (Å²) in [5.74, 6) is 1.76. The summed E-state index contributed by atoms with van der Waals surface area (Å²) in [5.41, 5.74) is 2.92. The van der Waals surface area contributed by atoms with Gasteiger partial charge in [0.15, 0.2) is 4.34 Å². The number of para-hydroxylation sites is 1. The number of carbonyl (C=O) groups is 1. The lowest BCUT2D eigenvalue weighted by Gasteiger charge is -2.07. The van der Waals surface area contributed by atoms with Crippen molar-refractivity contribution in [2.75, 3.05) is 17.7 Å². The summed E-state index contributed by atoms with van der Waals surface area (Å²) in [6.07, 6.45) is 0. The molecule has 0 aliphatic carbocycles. The quantitative estimate of drug-likeness (QED) is 0.438. The summed E-state index contributed by atoms with van der Waals surface area (Å²) >= 11 is 3.33. The number of nitrogens with one attached hydrogen (secondary N) is 1. The smallest absolute Gasteiger partial charge is 0.226 e. The van der Waals surface area contributed by atoms with Gasteiger partial charge in [0.25, 0.3) is 0 Å². The van der Waals surface area contributed by atoms with Crippen LogP contribution in [0.15, 0.2) is 46.8 Å². The molecule has 3 aromatic rings. The first-order valence-corrected chi connectivity index (χ1v) is 10.4. The molecule has 1 amide bonds. The number of fused-ring (bicyclic) bond motifs is 1.